The van der Waals surface area contributed by atoms with Crippen molar-refractivity contribution in [2.45, 2.75) is 20.3 Å². The van der Waals surface area contributed by atoms with Gasteiger partial charge >= 0.3 is 5.69 Å². The molecule has 0 atom stereocenters. The number of nitrogen functional groups attached to an aromatic ring is 1. The third-order valence-electron chi connectivity index (χ3n) is 2.86. The molecular formula is C14H16N4O3. The molecule has 110 valence electrons. The number of ether oxygens (including phenoxy) is 1. The Bertz CT molecular complexity index is 673. The molecule has 0 unspecified atom stereocenters. The van der Waals surface area contributed by atoms with Crippen LogP contribution in [0.1, 0.15) is 19.0 Å². The summed E-state index contributed by atoms with van der Waals surface area (Å²) in [5, 5.41) is 11.3. The Morgan fingerprint density at radius 1 is 1.33 bits per heavy atom. The van der Waals surface area contributed by atoms with Gasteiger partial charge in [-0.3, -0.25) is 10.1 Å². The van der Waals surface area contributed by atoms with Gasteiger partial charge in [-0.2, -0.15) is 0 Å². The summed E-state index contributed by atoms with van der Waals surface area (Å²) in [6.45, 7) is 4.04. The molecule has 0 aliphatic rings. The molecule has 2 rings (SSSR count). The van der Waals surface area contributed by atoms with Gasteiger partial charge in [-0.05, 0) is 25.5 Å². The Balaban J connectivity index is 2.64. The third-order valence-corrected chi connectivity index (χ3v) is 2.86. The smallest absolute Gasteiger partial charge is 0.316 e. The van der Waals surface area contributed by atoms with Crippen LogP contribution in [0.3, 0.4) is 0 Å². The summed E-state index contributed by atoms with van der Waals surface area (Å²) in [5.41, 5.74) is 6.42. The summed E-state index contributed by atoms with van der Waals surface area (Å²) in [6, 6.07) is 7.05. The zero-order valence-corrected chi connectivity index (χ0v) is 11.9. The third kappa shape index (κ3) is 3.07. The van der Waals surface area contributed by atoms with Crippen molar-refractivity contribution in [2.24, 2.45) is 0 Å². The number of hydrogen-bond acceptors (Lipinski definition) is 6. The van der Waals surface area contributed by atoms with E-state index >= 15 is 0 Å². The van der Waals surface area contributed by atoms with Crippen molar-refractivity contribution in [3.8, 4) is 17.0 Å². The van der Waals surface area contributed by atoms with Gasteiger partial charge in [-0.15, -0.1) is 0 Å². The largest absolute Gasteiger partial charge is 0.493 e. The highest BCUT2D eigenvalue weighted by atomic mass is 16.6. The van der Waals surface area contributed by atoms with Gasteiger partial charge in [0.2, 0.25) is 5.95 Å². The Morgan fingerprint density at radius 3 is 2.71 bits per heavy atom. The predicted molar refractivity (Wildman–Crippen MR) is 79.1 cm³/mol. The van der Waals surface area contributed by atoms with Gasteiger partial charge in [0, 0.05) is 5.56 Å². The Kier molecular flexibility index (Phi) is 4.32. The van der Waals surface area contributed by atoms with Crippen molar-refractivity contribution in [1.82, 2.24) is 9.97 Å². The summed E-state index contributed by atoms with van der Waals surface area (Å²) >= 11 is 0. The van der Waals surface area contributed by atoms with Crippen LogP contribution in [0.25, 0.3) is 11.3 Å². The molecule has 1 heterocycles. The molecule has 0 amide bonds. The van der Waals surface area contributed by atoms with Crippen molar-refractivity contribution in [3.05, 3.63) is 40.1 Å². The predicted octanol–water partition coefficient (Wildman–Crippen LogP) is 2.73. The van der Waals surface area contributed by atoms with Crippen LogP contribution in [-0.4, -0.2) is 21.5 Å². The molecule has 0 radical (unpaired) electrons. The van der Waals surface area contributed by atoms with E-state index in [1.807, 2.05) is 6.92 Å². The SMILES string of the molecule is CCCOc1ccccc1-c1nc(N)nc(C)c1[N+](=O)[O-]. The minimum absolute atomic E-state index is 0.00149. The van der Waals surface area contributed by atoms with Crippen LogP contribution in [-0.2, 0) is 0 Å². The van der Waals surface area contributed by atoms with Crippen molar-refractivity contribution < 1.29 is 9.66 Å². The first kappa shape index (κ1) is 14.7. The number of hydrogen-bond donors (Lipinski definition) is 1. The van der Waals surface area contributed by atoms with E-state index in [4.69, 9.17) is 10.5 Å². The maximum absolute atomic E-state index is 11.3. The second kappa shape index (κ2) is 6.17. The van der Waals surface area contributed by atoms with Crippen LogP contribution in [0.2, 0.25) is 0 Å². The van der Waals surface area contributed by atoms with E-state index < -0.39 is 4.92 Å². The molecule has 21 heavy (non-hydrogen) atoms. The van der Waals surface area contributed by atoms with E-state index in [2.05, 4.69) is 9.97 Å². The molecule has 2 aromatic rings. The van der Waals surface area contributed by atoms with Crippen molar-refractivity contribution >= 4 is 11.6 Å². The Hall–Kier alpha value is -2.70. The minimum Gasteiger partial charge on any atom is -0.493 e. The number of benzene rings is 1. The number of para-hydroxylation sites is 1. The van der Waals surface area contributed by atoms with E-state index in [1.54, 1.807) is 24.3 Å². The van der Waals surface area contributed by atoms with Crippen LogP contribution in [0.5, 0.6) is 5.75 Å². The number of nitro groups is 1. The topological polar surface area (TPSA) is 104 Å². The van der Waals surface area contributed by atoms with Gasteiger partial charge in [-0.25, -0.2) is 9.97 Å². The van der Waals surface area contributed by atoms with Crippen LogP contribution in [0, 0.1) is 17.0 Å². The molecule has 1 aromatic carbocycles. The van der Waals surface area contributed by atoms with Gasteiger partial charge in [0.25, 0.3) is 0 Å². The number of nitrogens with zero attached hydrogens (tertiary/aromatic N) is 3. The highest BCUT2D eigenvalue weighted by Crippen LogP contribution is 2.36. The van der Waals surface area contributed by atoms with E-state index in [0.717, 1.165) is 6.42 Å². The fourth-order valence-corrected chi connectivity index (χ4v) is 2.00. The first-order chi connectivity index (χ1) is 10.0. The average molecular weight is 288 g/mol. The maximum Gasteiger partial charge on any atom is 0.316 e. The van der Waals surface area contributed by atoms with E-state index in [-0.39, 0.29) is 23.0 Å². The lowest BCUT2D eigenvalue weighted by atomic mass is 10.1. The molecule has 0 bridgehead atoms. The second-order valence-corrected chi connectivity index (χ2v) is 4.47. The van der Waals surface area contributed by atoms with E-state index in [9.17, 15) is 10.1 Å². The number of aromatic nitrogens is 2. The molecule has 0 aliphatic heterocycles. The lowest BCUT2D eigenvalue weighted by molar-refractivity contribution is -0.385. The molecule has 2 N–H and O–H groups in total. The van der Waals surface area contributed by atoms with Crippen LogP contribution >= 0.6 is 0 Å². The lowest BCUT2D eigenvalue weighted by Gasteiger charge is -2.11. The summed E-state index contributed by atoms with van der Waals surface area (Å²) < 4.78 is 5.63. The van der Waals surface area contributed by atoms with Crippen LogP contribution < -0.4 is 10.5 Å². The number of nitrogens with two attached hydrogens (primary N) is 1. The normalized spacial score (nSPS) is 10.4. The molecule has 7 nitrogen and oxygen atoms in total. The number of aryl methyl sites for hydroxylation is 1. The molecule has 0 saturated carbocycles. The molecule has 1 aromatic heterocycles. The molecule has 0 saturated heterocycles. The van der Waals surface area contributed by atoms with Crippen molar-refractivity contribution in [3.63, 3.8) is 0 Å². The zero-order valence-electron chi connectivity index (χ0n) is 11.9. The highest BCUT2D eigenvalue weighted by molar-refractivity contribution is 5.76. The van der Waals surface area contributed by atoms with Crippen molar-refractivity contribution in [2.75, 3.05) is 12.3 Å². The van der Waals surface area contributed by atoms with Gasteiger partial charge in [-0.1, -0.05) is 19.1 Å². The lowest BCUT2D eigenvalue weighted by Crippen LogP contribution is -2.06. The minimum atomic E-state index is -0.499. The molecular weight excluding hydrogens is 272 g/mol. The zero-order chi connectivity index (χ0) is 15.4. The van der Waals surface area contributed by atoms with Crippen LogP contribution in [0.4, 0.5) is 11.6 Å². The molecule has 0 fully saturated rings. The molecule has 0 spiro atoms. The number of rotatable bonds is 5. The van der Waals surface area contributed by atoms with E-state index in [0.29, 0.717) is 17.9 Å². The monoisotopic (exact) mass is 288 g/mol. The van der Waals surface area contributed by atoms with Crippen molar-refractivity contribution in [1.29, 1.82) is 0 Å². The summed E-state index contributed by atoms with van der Waals surface area (Å²) in [6.07, 6.45) is 0.835. The van der Waals surface area contributed by atoms with Gasteiger partial charge < -0.3 is 10.5 Å². The molecule has 7 heteroatoms. The fourth-order valence-electron chi connectivity index (χ4n) is 2.00. The summed E-state index contributed by atoms with van der Waals surface area (Å²) in [7, 11) is 0. The standard InChI is InChI=1S/C14H16N4O3/c1-3-8-21-11-7-5-4-6-10(11)12-13(18(19)20)9(2)16-14(15)17-12/h4-7H,3,8H2,1-2H3,(H2,15,16,17). The first-order valence-corrected chi connectivity index (χ1v) is 6.55. The molecule has 0 aliphatic carbocycles. The summed E-state index contributed by atoms with van der Waals surface area (Å²) in [4.78, 5) is 18.7. The second-order valence-electron chi connectivity index (χ2n) is 4.47. The maximum atomic E-state index is 11.3. The van der Waals surface area contributed by atoms with E-state index in [1.165, 1.54) is 6.92 Å². The highest BCUT2D eigenvalue weighted by Gasteiger charge is 2.24. The summed E-state index contributed by atoms with van der Waals surface area (Å²) in [5.74, 6) is 0.540. The van der Waals surface area contributed by atoms with Crippen LogP contribution in [0.15, 0.2) is 24.3 Å². The quantitative estimate of drug-likeness (QED) is 0.670. The Labute approximate surface area is 121 Å². The number of anilines is 1. The van der Waals surface area contributed by atoms with Gasteiger partial charge in [0.05, 0.1) is 11.5 Å². The fraction of sp³-hybridized carbons (Fsp3) is 0.286. The average Bonchev–Trinajstić information content (AvgIpc) is 2.44. The first-order valence-electron chi connectivity index (χ1n) is 6.55. The Morgan fingerprint density at radius 2 is 2.05 bits per heavy atom. The van der Waals surface area contributed by atoms with Gasteiger partial charge in [0.1, 0.15) is 11.4 Å². The van der Waals surface area contributed by atoms with Gasteiger partial charge in [0.15, 0.2) is 5.69 Å².